The fraction of sp³-hybridized carbons (Fsp3) is 0.600. The van der Waals surface area contributed by atoms with Gasteiger partial charge in [-0.3, -0.25) is 0 Å². The Morgan fingerprint density at radius 2 is 1.61 bits per heavy atom. The fourth-order valence-corrected chi connectivity index (χ4v) is 3.40. The number of rotatable bonds is 6. The lowest BCUT2D eigenvalue weighted by Gasteiger charge is -2.24. The predicted molar refractivity (Wildman–Crippen MR) is 84.8 cm³/mol. The molecule has 1 N–H and O–H groups in total. The zero-order chi connectivity index (χ0) is 13.7. The monoisotopic (exact) mass is 376 g/mol. The highest BCUT2D eigenvalue weighted by atomic mass is 79.9. The molecule has 0 amide bonds. The quantitative estimate of drug-likeness (QED) is 0.667. The molecular weight excluding hydrogens is 356 g/mol. The first-order valence-electron chi connectivity index (χ1n) is 6.64. The minimum atomic E-state index is -0.379. The van der Waals surface area contributed by atoms with Gasteiger partial charge in [0.15, 0.2) is 0 Å². The van der Waals surface area contributed by atoms with Crippen molar-refractivity contribution in [2.24, 2.45) is 5.92 Å². The van der Waals surface area contributed by atoms with Gasteiger partial charge in [0.25, 0.3) is 0 Å². The Bertz CT molecular complexity index is 384. The molecule has 0 aliphatic carbocycles. The average Bonchev–Trinajstić information content (AvgIpc) is 2.33. The van der Waals surface area contributed by atoms with Crippen molar-refractivity contribution in [2.45, 2.75) is 52.6 Å². The molecule has 0 bridgehead atoms. The topological polar surface area (TPSA) is 20.2 Å². The van der Waals surface area contributed by atoms with E-state index < -0.39 is 0 Å². The molecule has 0 aliphatic rings. The van der Waals surface area contributed by atoms with E-state index in [1.807, 2.05) is 6.07 Å². The molecule has 3 heteroatoms. The zero-order valence-corrected chi connectivity index (χ0v) is 14.5. The second-order valence-electron chi connectivity index (χ2n) is 4.91. The maximum atomic E-state index is 10.6. The van der Waals surface area contributed by atoms with Gasteiger partial charge in [-0.05, 0) is 48.9 Å². The van der Waals surface area contributed by atoms with E-state index in [1.54, 1.807) is 0 Å². The summed E-state index contributed by atoms with van der Waals surface area (Å²) < 4.78 is 2.07. The lowest BCUT2D eigenvalue weighted by atomic mass is 9.88. The molecule has 1 rings (SSSR count). The molecule has 0 aromatic heterocycles. The molecule has 0 saturated heterocycles. The Morgan fingerprint density at radius 3 is 2.11 bits per heavy atom. The second-order valence-corrected chi connectivity index (χ2v) is 6.61. The van der Waals surface area contributed by atoms with Gasteiger partial charge in [-0.25, -0.2) is 0 Å². The van der Waals surface area contributed by atoms with Crippen LogP contribution in [-0.2, 0) is 0 Å². The smallest absolute Gasteiger partial charge is 0.0829 e. The lowest BCUT2D eigenvalue weighted by molar-refractivity contribution is 0.0957. The molecule has 1 aromatic carbocycles. The van der Waals surface area contributed by atoms with Crippen LogP contribution in [0.3, 0.4) is 0 Å². The van der Waals surface area contributed by atoms with Crippen LogP contribution in [0, 0.1) is 12.8 Å². The number of aliphatic hydroxyl groups excluding tert-OH is 1. The van der Waals surface area contributed by atoms with Crippen LogP contribution in [0.1, 0.15) is 56.8 Å². The maximum absolute atomic E-state index is 10.6. The predicted octanol–water partition coefficient (Wildman–Crippen LogP) is 5.77. The SMILES string of the molecule is CCCC(CCC)C(O)c1cc(Br)c(C)cc1Br. The van der Waals surface area contributed by atoms with Gasteiger partial charge in [-0.2, -0.15) is 0 Å². The van der Waals surface area contributed by atoms with E-state index >= 15 is 0 Å². The van der Waals surface area contributed by atoms with E-state index in [1.165, 1.54) is 5.56 Å². The number of halogens is 2. The van der Waals surface area contributed by atoms with Crippen LogP contribution in [0.2, 0.25) is 0 Å². The largest absolute Gasteiger partial charge is 0.388 e. The van der Waals surface area contributed by atoms with Crippen LogP contribution in [0.25, 0.3) is 0 Å². The first-order valence-corrected chi connectivity index (χ1v) is 8.23. The van der Waals surface area contributed by atoms with Crippen LogP contribution < -0.4 is 0 Å². The third-order valence-electron chi connectivity index (χ3n) is 3.36. The van der Waals surface area contributed by atoms with Gasteiger partial charge in [0, 0.05) is 8.95 Å². The van der Waals surface area contributed by atoms with Crippen LogP contribution >= 0.6 is 31.9 Å². The molecule has 1 nitrogen and oxygen atoms in total. The van der Waals surface area contributed by atoms with E-state index in [-0.39, 0.29) is 6.10 Å². The van der Waals surface area contributed by atoms with Crippen molar-refractivity contribution >= 4 is 31.9 Å². The van der Waals surface area contributed by atoms with Crippen molar-refractivity contribution < 1.29 is 5.11 Å². The molecule has 0 spiro atoms. The minimum Gasteiger partial charge on any atom is -0.388 e. The van der Waals surface area contributed by atoms with Crippen molar-refractivity contribution in [3.63, 3.8) is 0 Å². The van der Waals surface area contributed by atoms with Crippen molar-refractivity contribution in [1.29, 1.82) is 0 Å². The van der Waals surface area contributed by atoms with Crippen molar-refractivity contribution in [2.75, 3.05) is 0 Å². The van der Waals surface area contributed by atoms with Gasteiger partial charge in [0.05, 0.1) is 6.10 Å². The molecule has 102 valence electrons. The average molecular weight is 378 g/mol. The van der Waals surface area contributed by atoms with Gasteiger partial charge in [0.1, 0.15) is 0 Å². The summed E-state index contributed by atoms with van der Waals surface area (Å²) in [6.45, 7) is 6.41. The molecule has 1 atom stereocenters. The van der Waals surface area contributed by atoms with Crippen LogP contribution in [0.15, 0.2) is 21.1 Å². The lowest BCUT2D eigenvalue weighted by Crippen LogP contribution is -2.13. The van der Waals surface area contributed by atoms with Gasteiger partial charge in [0.2, 0.25) is 0 Å². The Hall–Kier alpha value is 0.140. The van der Waals surface area contributed by atoms with E-state index in [0.717, 1.165) is 40.2 Å². The highest BCUT2D eigenvalue weighted by Crippen LogP contribution is 2.36. The Labute approximate surface area is 127 Å². The van der Waals surface area contributed by atoms with Crippen molar-refractivity contribution in [3.05, 3.63) is 32.2 Å². The van der Waals surface area contributed by atoms with E-state index in [4.69, 9.17) is 0 Å². The van der Waals surface area contributed by atoms with E-state index in [9.17, 15) is 5.11 Å². The van der Waals surface area contributed by atoms with Crippen molar-refractivity contribution in [3.8, 4) is 0 Å². The zero-order valence-electron chi connectivity index (χ0n) is 11.3. The summed E-state index contributed by atoms with van der Waals surface area (Å²) in [6, 6.07) is 4.11. The number of hydrogen-bond donors (Lipinski definition) is 1. The summed E-state index contributed by atoms with van der Waals surface area (Å²) in [6.07, 6.45) is 4.01. The Morgan fingerprint density at radius 1 is 1.06 bits per heavy atom. The minimum absolute atomic E-state index is 0.353. The standard InChI is InChI=1S/C15H22Br2O/c1-4-6-11(7-5-2)15(18)12-9-13(16)10(3)8-14(12)17/h8-9,11,15,18H,4-7H2,1-3H3. The molecule has 0 aliphatic heterocycles. The van der Waals surface area contributed by atoms with Crippen LogP contribution in [0.4, 0.5) is 0 Å². The molecule has 0 fully saturated rings. The summed E-state index contributed by atoms with van der Waals surface area (Å²) in [5.74, 6) is 0.353. The molecule has 0 heterocycles. The van der Waals surface area contributed by atoms with Gasteiger partial charge >= 0.3 is 0 Å². The van der Waals surface area contributed by atoms with Crippen LogP contribution in [-0.4, -0.2) is 5.11 Å². The number of aryl methyl sites for hydroxylation is 1. The van der Waals surface area contributed by atoms with Crippen LogP contribution in [0.5, 0.6) is 0 Å². The number of hydrogen-bond acceptors (Lipinski definition) is 1. The van der Waals surface area contributed by atoms with Gasteiger partial charge < -0.3 is 5.11 Å². The Kier molecular flexibility index (Phi) is 6.89. The highest BCUT2D eigenvalue weighted by Gasteiger charge is 2.22. The Balaban J connectivity index is 3.00. The van der Waals surface area contributed by atoms with E-state index in [2.05, 4.69) is 58.7 Å². The summed E-state index contributed by atoms with van der Waals surface area (Å²) in [4.78, 5) is 0. The molecule has 1 aromatic rings. The first kappa shape index (κ1) is 16.2. The molecule has 18 heavy (non-hydrogen) atoms. The molecule has 1 unspecified atom stereocenters. The van der Waals surface area contributed by atoms with E-state index in [0.29, 0.717) is 5.92 Å². The summed E-state index contributed by atoms with van der Waals surface area (Å²) in [5, 5.41) is 10.6. The second kappa shape index (κ2) is 7.66. The highest BCUT2D eigenvalue weighted by molar-refractivity contribution is 9.11. The summed E-state index contributed by atoms with van der Waals surface area (Å²) >= 11 is 7.12. The normalized spacial score (nSPS) is 13.1. The third-order valence-corrected chi connectivity index (χ3v) is 4.90. The molecule has 0 saturated carbocycles. The fourth-order valence-electron chi connectivity index (χ4n) is 2.34. The number of aliphatic hydroxyl groups is 1. The molecule has 0 radical (unpaired) electrons. The maximum Gasteiger partial charge on any atom is 0.0829 e. The van der Waals surface area contributed by atoms with Gasteiger partial charge in [-0.1, -0.05) is 58.5 Å². The van der Waals surface area contributed by atoms with Gasteiger partial charge in [-0.15, -0.1) is 0 Å². The molecular formula is C15H22Br2O. The first-order chi connectivity index (χ1) is 8.51. The van der Waals surface area contributed by atoms with Crippen molar-refractivity contribution in [1.82, 2.24) is 0 Å². The summed E-state index contributed by atoms with van der Waals surface area (Å²) in [7, 11) is 0. The number of benzene rings is 1. The third kappa shape index (κ3) is 4.07. The summed E-state index contributed by atoms with van der Waals surface area (Å²) in [5.41, 5.74) is 2.18.